The molecule has 1 atom stereocenters. The Morgan fingerprint density at radius 3 is 3.42 bits per heavy atom. The van der Waals surface area contributed by atoms with Crippen LogP contribution < -0.4 is 0 Å². The van der Waals surface area contributed by atoms with Crippen molar-refractivity contribution >= 4 is 5.97 Å². The Kier molecular flexibility index (Phi) is 1.58. The number of ether oxygens (including phenoxy) is 1. The molecule has 1 unspecified atom stereocenters. The fourth-order valence-electron chi connectivity index (χ4n) is 1.20. The quantitative estimate of drug-likeness (QED) is 0.634. The Morgan fingerprint density at radius 2 is 2.67 bits per heavy atom. The van der Waals surface area contributed by atoms with Gasteiger partial charge in [0, 0.05) is 0 Å². The van der Waals surface area contributed by atoms with Crippen LogP contribution in [0.1, 0.15) is 5.69 Å². The molecular formula is C7H8N2O3. The largest absolute Gasteiger partial charge is 0.479 e. The van der Waals surface area contributed by atoms with Gasteiger partial charge in [0.1, 0.15) is 0 Å². The van der Waals surface area contributed by atoms with Crippen LogP contribution in [0.2, 0.25) is 0 Å². The van der Waals surface area contributed by atoms with E-state index >= 15 is 0 Å². The third-order valence-corrected chi connectivity index (χ3v) is 1.87. The highest BCUT2D eigenvalue weighted by Crippen LogP contribution is 2.12. The van der Waals surface area contributed by atoms with Gasteiger partial charge < -0.3 is 14.4 Å². The molecule has 0 spiro atoms. The Balaban J connectivity index is 2.20. The number of hydrogen-bond donors (Lipinski definition) is 1. The zero-order valence-electron chi connectivity index (χ0n) is 6.30. The number of hydrogen-bond acceptors (Lipinski definition) is 3. The molecule has 2 heterocycles. The zero-order chi connectivity index (χ0) is 8.55. The molecule has 5 heteroatoms. The Bertz CT molecular complexity index is 307. The summed E-state index contributed by atoms with van der Waals surface area (Å²) < 4.78 is 6.86. The highest BCUT2D eigenvalue weighted by Gasteiger charge is 2.24. The summed E-state index contributed by atoms with van der Waals surface area (Å²) in [7, 11) is 0. The molecule has 1 aliphatic heterocycles. The lowest BCUT2D eigenvalue weighted by molar-refractivity contribution is -0.154. The molecule has 64 valence electrons. The van der Waals surface area contributed by atoms with Crippen molar-refractivity contribution in [1.29, 1.82) is 0 Å². The number of aliphatic carboxylic acids is 1. The van der Waals surface area contributed by atoms with Crippen LogP contribution in [-0.2, 0) is 22.7 Å². The predicted molar refractivity (Wildman–Crippen MR) is 38.4 cm³/mol. The number of rotatable bonds is 1. The van der Waals surface area contributed by atoms with Crippen molar-refractivity contribution in [2.24, 2.45) is 0 Å². The van der Waals surface area contributed by atoms with Gasteiger partial charge in [0.2, 0.25) is 0 Å². The van der Waals surface area contributed by atoms with Gasteiger partial charge in [-0.15, -0.1) is 0 Å². The maximum atomic E-state index is 10.5. The first kappa shape index (κ1) is 7.30. The summed E-state index contributed by atoms with van der Waals surface area (Å²) in [5.41, 5.74) is 0.924. The monoisotopic (exact) mass is 168 g/mol. The molecule has 0 aromatic carbocycles. The van der Waals surface area contributed by atoms with Crippen LogP contribution in [0.5, 0.6) is 0 Å². The van der Waals surface area contributed by atoms with Crippen molar-refractivity contribution in [3.05, 3.63) is 18.2 Å². The van der Waals surface area contributed by atoms with Gasteiger partial charge in [-0.2, -0.15) is 0 Å². The SMILES string of the molecule is O=C(O)C1Cn2cncc2CO1. The van der Waals surface area contributed by atoms with E-state index in [-0.39, 0.29) is 0 Å². The van der Waals surface area contributed by atoms with E-state index in [2.05, 4.69) is 4.98 Å². The number of aromatic nitrogens is 2. The van der Waals surface area contributed by atoms with Crippen molar-refractivity contribution in [2.75, 3.05) is 0 Å². The maximum absolute atomic E-state index is 10.5. The molecule has 0 saturated carbocycles. The highest BCUT2D eigenvalue weighted by molar-refractivity contribution is 5.72. The maximum Gasteiger partial charge on any atom is 0.334 e. The molecule has 1 N–H and O–H groups in total. The molecule has 0 bridgehead atoms. The smallest absolute Gasteiger partial charge is 0.334 e. The van der Waals surface area contributed by atoms with E-state index in [0.29, 0.717) is 13.2 Å². The standard InChI is InChI=1S/C7H8N2O3/c10-7(11)6-2-9-4-8-1-5(9)3-12-6/h1,4,6H,2-3H2,(H,10,11). The third kappa shape index (κ3) is 1.08. The Hall–Kier alpha value is -1.36. The summed E-state index contributed by atoms with van der Waals surface area (Å²) in [6, 6.07) is 0. The van der Waals surface area contributed by atoms with E-state index < -0.39 is 12.1 Å². The molecule has 2 rings (SSSR count). The van der Waals surface area contributed by atoms with E-state index in [1.807, 2.05) is 0 Å². The summed E-state index contributed by atoms with van der Waals surface area (Å²) >= 11 is 0. The zero-order valence-corrected chi connectivity index (χ0v) is 6.30. The predicted octanol–water partition coefficient (Wildman–Crippen LogP) is -0.134. The second-order valence-electron chi connectivity index (χ2n) is 2.68. The molecule has 1 aromatic heterocycles. The first-order chi connectivity index (χ1) is 5.77. The number of fused-ring (bicyclic) bond motifs is 1. The van der Waals surface area contributed by atoms with Gasteiger partial charge >= 0.3 is 5.97 Å². The molecule has 12 heavy (non-hydrogen) atoms. The minimum Gasteiger partial charge on any atom is -0.479 e. The first-order valence-corrected chi connectivity index (χ1v) is 3.61. The highest BCUT2D eigenvalue weighted by atomic mass is 16.5. The second-order valence-corrected chi connectivity index (χ2v) is 2.68. The lowest BCUT2D eigenvalue weighted by Crippen LogP contribution is -2.33. The molecule has 0 amide bonds. The fraction of sp³-hybridized carbons (Fsp3) is 0.429. The van der Waals surface area contributed by atoms with Crippen molar-refractivity contribution in [1.82, 2.24) is 9.55 Å². The van der Waals surface area contributed by atoms with Crippen LogP contribution in [0.3, 0.4) is 0 Å². The van der Waals surface area contributed by atoms with Gasteiger partial charge in [-0.1, -0.05) is 0 Å². The topological polar surface area (TPSA) is 64.3 Å². The summed E-state index contributed by atoms with van der Waals surface area (Å²) in [5.74, 6) is -0.922. The molecule has 0 aliphatic carbocycles. The fourth-order valence-corrected chi connectivity index (χ4v) is 1.20. The van der Waals surface area contributed by atoms with E-state index in [1.54, 1.807) is 17.1 Å². The number of carboxylic acid groups (broad SMARTS) is 1. The summed E-state index contributed by atoms with van der Waals surface area (Å²) in [5, 5.41) is 8.64. The number of carbonyl (C=O) groups is 1. The Morgan fingerprint density at radius 1 is 1.83 bits per heavy atom. The van der Waals surface area contributed by atoms with E-state index in [0.717, 1.165) is 5.69 Å². The Labute approximate surface area is 68.6 Å². The van der Waals surface area contributed by atoms with Gasteiger partial charge in [-0.05, 0) is 0 Å². The molecule has 0 radical (unpaired) electrons. The van der Waals surface area contributed by atoms with Crippen LogP contribution in [0.25, 0.3) is 0 Å². The second kappa shape index (κ2) is 2.60. The van der Waals surface area contributed by atoms with Crippen molar-refractivity contribution in [2.45, 2.75) is 19.3 Å². The molecule has 1 aliphatic rings. The molecule has 0 fully saturated rings. The molecular weight excluding hydrogens is 160 g/mol. The number of nitrogens with zero attached hydrogens (tertiary/aromatic N) is 2. The minimum atomic E-state index is -0.922. The van der Waals surface area contributed by atoms with Crippen LogP contribution in [0, 0.1) is 0 Å². The van der Waals surface area contributed by atoms with Crippen LogP contribution >= 0.6 is 0 Å². The average Bonchev–Trinajstić information content (AvgIpc) is 2.49. The third-order valence-electron chi connectivity index (χ3n) is 1.87. The minimum absolute atomic E-state index is 0.330. The lowest BCUT2D eigenvalue weighted by Gasteiger charge is -2.20. The van der Waals surface area contributed by atoms with E-state index in [1.165, 1.54) is 0 Å². The first-order valence-electron chi connectivity index (χ1n) is 3.61. The van der Waals surface area contributed by atoms with Crippen LogP contribution in [-0.4, -0.2) is 26.7 Å². The van der Waals surface area contributed by atoms with Crippen molar-refractivity contribution in [3.63, 3.8) is 0 Å². The van der Waals surface area contributed by atoms with Crippen molar-refractivity contribution < 1.29 is 14.6 Å². The van der Waals surface area contributed by atoms with Gasteiger partial charge in [0.05, 0.1) is 31.4 Å². The van der Waals surface area contributed by atoms with Crippen LogP contribution in [0.15, 0.2) is 12.5 Å². The normalized spacial score (nSPS) is 21.8. The van der Waals surface area contributed by atoms with E-state index in [9.17, 15) is 4.79 Å². The lowest BCUT2D eigenvalue weighted by atomic mass is 10.3. The van der Waals surface area contributed by atoms with Crippen molar-refractivity contribution in [3.8, 4) is 0 Å². The van der Waals surface area contributed by atoms with Crippen LogP contribution in [0.4, 0.5) is 0 Å². The summed E-state index contributed by atoms with van der Waals surface area (Å²) in [4.78, 5) is 14.4. The van der Waals surface area contributed by atoms with Gasteiger partial charge in [-0.3, -0.25) is 0 Å². The number of imidazole rings is 1. The summed E-state index contributed by atoms with van der Waals surface area (Å²) in [6.07, 6.45) is 2.57. The van der Waals surface area contributed by atoms with Gasteiger partial charge in [0.25, 0.3) is 0 Å². The van der Waals surface area contributed by atoms with Gasteiger partial charge in [0.15, 0.2) is 6.10 Å². The molecule has 0 saturated heterocycles. The van der Waals surface area contributed by atoms with Gasteiger partial charge in [-0.25, -0.2) is 9.78 Å². The molecule has 5 nitrogen and oxygen atoms in total. The van der Waals surface area contributed by atoms with E-state index in [4.69, 9.17) is 9.84 Å². The molecule has 1 aromatic rings. The summed E-state index contributed by atoms with van der Waals surface area (Å²) in [6.45, 7) is 0.682. The average molecular weight is 168 g/mol. The number of carboxylic acids is 1.